The quantitative estimate of drug-likeness (QED) is 0.659. The number of aryl methyl sites for hydroxylation is 1. The van der Waals surface area contributed by atoms with Gasteiger partial charge in [0.15, 0.2) is 0 Å². The zero-order valence-electron chi connectivity index (χ0n) is 15.1. The zero-order valence-corrected chi connectivity index (χ0v) is 15.9. The van der Waals surface area contributed by atoms with Crippen molar-refractivity contribution in [1.29, 1.82) is 0 Å². The van der Waals surface area contributed by atoms with Gasteiger partial charge in [-0.25, -0.2) is 0 Å². The molecule has 1 unspecified atom stereocenters. The average Bonchev–Trinajstić information content (AvgIpc) is 3.15. The molecule has 0 aliphatic carbocycles. The van der Waals surface area contributed by atoms with E-state index in [-0.39, 0.29) is 18.4 Å². The SMILES string of the molecule is COc1ccc(-c2noc(CCC(=O)NC(C)c3cccc(Cl)c3)n2)cc1. The van der Waals surface area contributed by atoms with Crippen LogP contribution in [-0.4, -0.2) is 23.2 Å². The summed E-state index contributed by atoms with van der Waals surface area (Å²) in [5, 5.41) is 7.55. The number of hydrogen-bond donors (Lipinski definition) is 1. The van der Waals surface area contributed by atoms with Crippen molar-refractivity contribution < 1.29 is 14.1 Å². The molecule has 1 atom stereocenters. The van der Waals surface area contributed by atoms with Crippen LogP contribution in [0.3, 0.4) is 0 Å². The Labute approximate surface area is 162 Å². The molecule has 3 aromatic rings. The molecule has 0 aliphatic rings. The fourth-order valence-electron chi connectivity index (χ4n) is 2.61. The first-order valence-corrected chi connectivity index (χ1v) is 8.95. The highest BCUT2D eigenvalue weighted by molar-refractivity contribution is 6.30. The molecule has 0 fully saturated rings. The van der Waals surface area contributed by atoms with Gasteiger partial charge in [0, 0.05) is 23.4 Å². The third-order valence-electron chi connectivity index (χ3n) is 4.11. The maximum atomic E-state index is 12.2. The van der Waals surface area contributed by atoms with Crippen LogP contribution in [0.1, 0.15) is 30.8 Å². The van der Waals surface area contributed by atoms with E-state index in [9.17, 15) is 4.79 Å². The Kier molecular flexibility index (Phi) is 6.08. The van der Waals surface area contributed by atoms with Crippen molar-refractivity contribution in [2.45, 2.75) is 25.8 Å². The van der Waals surface area contributed by atoms with Gasteiger partial charge in [0.05, 0.1) is 13.2 Å². The molecule has 0 aliphatic heterocycles. The molecule has 3 rings (SSSR count). The summed E-state index contributed by atoms with van der Waals surface area (Å²) in [6.07, 6.45) is 0.631. The van der Waals surface area contributed by atoms with Crippen LogP contribution < -0.4 is 10.1 Å². The zero-order chi connectivity index (χ0) is 19.2. The number of aromatic nitrogens is 2. The van der Waals surface area contributed by atoms with Crippen molar-refractivity contribution in [1.82, 2.24) is 15.5 Å². The van der Waals surface area contributed by atoms with Crippen LogP contribution >= 0.6 is 11.6 Å². The van der Waals surface area contributed by atoms with Crippen molar-refractivity contribution >= 4 is 17.5 Å². The minimum absolute atomic E-state index is 0.0910. The Morgan fingerprint density at radius 1 is 1.26 bits per heavy atom. The van der Waals surface area contributed by atoms with Crippen molar-refractivity contribution in [3.8, 4) is 17.1 Å². The number of ether oxygens (including phenoxy) is 1. The number of carbonyl (C=O) groups is 1. The molecule has 0 bridgehead atoms. The lowest BCUT2D eigenvalue weighted by Crippen LogP contribution is -2.26. The van der Waals surface area contributed by atoms with Gasteiger partial charge in [-0.1, -0.05) is 28.9 Å². The lowest BCUT2D eigenvalue weighted by molar-refractivity contribution is -0.121. The highest BCUT2D eigenvalue weighted by atomic mass is 35.5. The van der Waals surface area contributed by atoms with E-state index in [1.807, 2.05) is 49.4 Å². The van der Waals surface area contributed by atoms with E-state index in [4.69, 9.17) is 20.9 Å². The monoisotopic (exact) mass is 385 g/mol. The predicted octanol–water partition coefficient (Wildman–Crippen LogP) is 4.21. The molecule has 140 valence electrons. The second-order valence-electron chi connectivity index (χ2n) is 6.08. The molecule has 1 heterocycles. The first kappa shape index (κ1) is 18.9. The standard InChI is InChI=1S/C20H20ClN3O3/c1-13(15-4-3-5-16(21)12-15)22-18(25)10-11-19-23-20(24-27-19)14-6-8-17(26-2)9-7-14/h3-9,12-13H,10-11H2,1-2H3,(H,22,25). The highest BCUT2D eigenvalue weighted by Gasteiger charge is 2.13. The van der Waals surface area contributed by atoms with Gasteiger partial charge in [0.25, 0.3) is 0 Å². The first-order chi connectivity index (χ1) is 13.0. The van der Waals surface area contributed by atoms with E-state index >= 15 is 0 Å². The topological polar surface area (TPSA) is 77.2 Å². The number of carbonyl (C=O) groups excluding carboxylic acids is 1. The summed E-state index contributed by atoms with van der Waals surface area (Å²) in [5.74, 6) is 1.58. The van der Waals surface area contributed by atoms with Crippen LogP contribution in [-0.2, 0) is 11.2 Å². The average molecular weight is 386 g/mol. The molecule has 2 aromatic carbocycles. The third-order valence-corrected chi connectivity index (χ3v) is 4.34. The van der Waals surface area contributed by atoms with Crippen molar-refractivity contribution in [3.05, 3.63) is 65.0 Å². The van der Waals surface area contributed by atoms with Gasteiger partial charge in [-0.3, -0.25) is 4.79 Å². The molecule has 1 N–H and O–H groups in total. The number of benzene rings is 2. The van der Waals surface area contributed by atoms with E-state index in [1.165, 1.54) is 0 Å². The van der Waals surface area contributed by atoms with Crippen LogP contribution in [0.2, 0.25) is 5.02 Å². The molecule has 0 saturated carbocycles. The van der Waals surface area contributed by atoms with Crippen LogP contribution in [0.4, 0.5) is 0 Å². The number of methoxy groups -OCH3 is 1. The van der Waals surface area contributed by atoms with Crippen LogP contribution in [0.25, 0.3) is 11.4 Å². The number of halogens is 1. The van der Waals surface area contributed by atoms with E-state index in [0.29, 0.717) is 23.2 Å². The lowest BCUT2D eigenvalue weighted by atomic mass is 10.1. The smallest absolute Gasteiger partial charge is 0.227 e. The number of nitrogens with zero attached hydrogens (tertiary/aromatic N) is 2. The fraction of sp³-hybridized carbons (Fsp3) is 0.250. The minimum Gasteiger partial charge on any atom is -0.497 e. The first-order valence-electron chi connectivity index (χ1n) is 8.57. The third kappa shape index (κ3) is 5.08. The van der Waals surface area contributed by atoms with Crippen LogP contribution in [0, 0.1) is 0 Å². The summed E-state index contributed by atoms with van der Waals surface area (Å²) < 4.78 is 10.4. The summed E-state index contributed by atoms with van der Waals surface area (Å²) in [6, 6.07) is 14.7. The van der Waals surface area contributed by atoms with E-state index in [1.54, 1.807) is 13.2 Å². The molecular weight excluding hydrogens is 366 g/mol. The summed E-state index contributed by atoms with van der Waals surface area (Å²) in [5.41, 5.74) is 1.78. The van der Waals surface area contributed by atoms with Gasteiger partial charge >= 0.3 is 0 Å². The highest BCUT2D eigenvalue weighted by Crippen LogP contribution is 2.20. The Morgan fingerprint density at radius 2 is 2.04 bits per heavy atom. The minimum atomic E-state index is -0.131. The summed E-state index contributed by atoms with van der Waals surface area (Å²) >= 11 is 5.99. The van der Waals surface area contributed by atoms with Crippen molar-refractivity contribution in [3.63, 3.8) is 0 Å². The number of hydrogen-bond acceptors (Lipinski definition) is 5. The van der Waals surface area contributed by atoms with Gasteiger partial charge in [-0.15, -0.1) is 0 Å². The summed E-state index contributed by atoms with van der Waals surface area (Å²) in [7, 11) is 1.61. The Balaban J connectivity index is 1.54. The molecule has 0 saturated heterocycles. The molecule has 0 spiro atoms. The van der Waals surface area contributed by atoms with Crippen LogP contribution in [0.5, 0.6) is 5.75 Å². The molecule has 1 amide bonds. The maximum absolute atomic E-state index is 12.2. The number of rotatable bonds is 7. The van der Waals surface area contributed by atoms with Gasteiger partial charge in [0.1, 0.15) is 5.75 Å². The number of nitrogens with one attached hydrogen (secondary N) is 1. The molecule has 7 heteroatoms. The lowest BCUT2D eigenvalue weighted by Gasteiger charge is -2.14. The van der Waals surface area contributed by atoms with E-state index < -0.39 is 0 Å². The van der Waals surface area contributed by atoms with Crippen LogP contribution in [0.15, 0.2) is 53.1 Å². The molecule has 0 radical (unpaired) electrons. The fourth-order valence-corrected chi connectivity index (χ4v) is 2.81. The van der Waals surface area contributed by atoms with Gasteiger partial charge in [-0.05, 0) is 48.9 Å². The summed E-state index contributed by atoms with van der Waals surface area (Å²) in [6.45, 7) is 1.91. The van der Waals surface area contributed by atoms with Gasteiger partial charge in [0.2, 0.25) is 17.6 Å². The number of amides is 1. The van der Waals surface area contributed by atoms with Crippen molar-refractivity contribution in [2.24, 2.45) is 0 Å². The second kappa shape index (κ2) is 8.68. The summed E-state index contributed by atoms with van der Waals surface area (Å²) in [4.78, 5) is 16.5. The second-order valence-corrected chi connectivity index (χ2v) is 6.52. The Morgan fingerprint density at radius 3 is 2.74 bits per heavy atom. The normalized spacial score (nSPS) is 11.8. The molecular formula is C20H20ClN3O3. The van der Waals surface area contributed by atoms with Crippen molar-refractivity contribution in [2.75, 3.05) is 7.11 Å². The predicted molar refractivity (Wildman–Crippen MR) is 103 cm³/mol. The Hall–Kier alpha value is -2.86. The largest absolute Gasteiger partial charge is 0.497 e. The van der Waals surface area contributed by atoms with Gasteiger partial charge < -0.3 is 14.6 Å². The molecule has 6 nitrogen and oxygen atoms in total. The maximum Gasteiger partial charge on any atom is 0.227 e. The van der Waals surface area contributed by atoms with Gasteiger partial charge in [-0.2, -0.15) is 4.98 Å². The molecule has 1 aromatic heterocycles. The molecule has 27 heavy (non-hydrogen) atoms. The van der Waals surface area contributed by atoms with E-state index in [0.717, 1.165) is 16.9 Å². The van der Waals surface area contributed by atoms with E-state index in [2.05, 4.69) is 15.5 Å². The Bertz CT molecular complexity index is 909.